The molecule has 0 aliphatic carbocycles. The number of hydrogen-bond acceptors (Lipinski definition) is 4. The highest BCUT2D eigenvalue weighted by molar-refractivity contribution is 8.00. The lowest BCUT2D eigenvalue weighted by molar-refractivity contribution is -0.131. The van der Waals surface area contributed by atoms with Gasteiger partial charge < -0.3 is 9.47 Å². The van der Waals surface area contributed by atoms with Crippen LogP contribution in [0.5, 0.6) is 11.5 Å². The maximum atomic E-state index is 13.6. The molecule has 3 nitrogen and oxygen atoms in total. The molecule has 2 aromatic rings. The van der Waals surface area contributed by atoms with Gasteiger partial charge in [0.05, 0.1) is 0 Å². The normalized spacial score (nSPS) is 23.3. The summed E-state index contributed by atoms with van der Waals surface area (Å²) in [5.74, 6) is 0.472. The monoisotopic (exact) mass is 454 g/mol. The van der Waals surface area contributed by atoms with E-state index in [4.69, 9.17) is 21.1 Å². The molecule has 0 aromatic heterocycles. The van der Waals surface area contributed by atoms with Crippen LogP contribution >= 0.6 is 23.4 Å². The molecule has 30 heavy (non-hydrogen) atoms. The van der Waals surface area contributed by atoms with Crippen LogP contribution < -0.4 is 9.47 Å². The predicted molar refractivity (Wildman–Crippen MR) is 112 cm³/mol. The second kappa shape index (κ2) is 8.55. The van der Waals surface area contributed by atoms with E-state index in [9.17, 15) is 18.0 Å². The number of rotatable bonds is 5. The van der Waals surface area contributed by atoms with E-state index in [1.54, 1.807) is 48.5 Å². The van der Waals surface area contributed by atoms with E-state index in [0.29, 0.717) is 34.1 Å². The third kappa shape index (κ3) is 4.62. The van der Waals surface area contributed by atoms with Gasteiger partial charge in [-0.2, -0.15) is 13.2 Å². The van der Waals surface area contributed by atoms with Crippen molar-refractivity contribution in [2.75, 3.05) is 13.2 Å². The summed E-state index contributed by atoms with van der Waals surface area (Å²) < 4.78 is 52.2. The number of aldehydes is 1. The largest absolute Gasteiger partial charge is 0.492 e. The van der Waals surface area contributed by atoms with Gasteiger partial charge in [-0.1, -0.05) is 23.7 Å². The molecule has 2 unspecified atom stereocenters. The summed E-state index contributed by atoms with van der Waals surface area (Å²) in [4.78, 5) is 10.9. The Hall–Kier alpha value is -2.12. The number of alkyl halides is 3. The fourth-order valence-corrected chi connectivity index (χ4v) is 5.32. The molecule has 2 aliphatic rings. The van der Waals surface area contributed by atoms with Crippen LogP contribution in [0.25, 0.3) is 6.08 Å². The van der Waals surface area contributed by atoms with Crippen LogP contribution in [0.15, 0.2) is 48.0 Å². The van der Waals surface area contributed by atoms with Crippen molar-refractivity contribution in [2.45, 2.75) is 29.0 Å². The highest BCUT2D eigenvalue weighted by Crippen LogP contribution is 2.51. The average Bonchev–Trinajstić information content (AvgIpc) is 3.17. The second-order valence-corrected chi connectivity index (χ2v) is 9.13. The molecule has 158 valence electrons. The van der Waals surface area contributed by atoms with Crippen LogP contribution in [-0.2, 0) is 4.79 Å². The number of thioether (sulfide) groups is 1. The first-order valence-corrected chi connectivity index (χ1v) is 10.7. The highest BCUT2D eigenvalue weighted by atomic mass is 35.5. The summed E-state index contributed by atoms with van der Waals surface area (Å²) in [7, 11) is 0. The van der Waals surface area contributed by atoms with E-state index >= 15 is 0 Å². The number of fused-ring (bicyclic) bond motifs is 1. The average molecular weight is 455 g/mol. The first-order valence-electron chi connectivity index (χ1n) is 9.36. The van der Waals surface area contributed by atoms with E-state index in [1.807, 2.05) is 0 Å². The zero-order chi connectivity index (χ0) is 21.3. The molecule has 2 aromatic carbocycles. The Morgan fingerprint density at radius 3 is 2.67 bits per heavy atom. The molecular formula is C22H18ClF3O3S. The summed E-state index contributed by atoms with van der Waals surface area (Å²) >= 11 is 6.79. The van der Waals surface area contributed by atoms with E-state index in [2.05, 4.69) is 0 Å². The molecule has 0 radical (unpaired) electrons. The first-order chi connectivity index (χ1) is 14.3. The smallest absolute Gasteiger partial charge is 0.401 e. The van der Waals surface area contributed by atoms with Gasteiger partial charge in [-0.15, -0.1) is 11.8 Å². The first kappa shape index (κ1) is 21.1. The summed E-state index contributed by atoms with van der Waals surface area (Å²) in [6.45, 7) is 0.351. The minimum Gasteiger partial charge on any atom is -0.492 e. The van der Waals surface area contributed by atoms with Gasteiger partial charge in [0.15, 0.2) is 0 Å². The maximum absolute atomic E-state index is 13.6. The van der Waals surface area contributed by atoms with E-state index in [1.165, 1.54) is 0 Å². The number of hydrogen-bond donors (Lipinski definition) is 0. The summed E-state index contributed by atoms with van der Waals surface area (Å²) in [5.41, 5.74) is 1.95. The van der Waals surface area contributed by atoms with Crippen LogP contribution in [0.1, 0.15) is 23.5 Å². The van der Waals surface area contributed by atoms with Gasteiger partial charge in [-0.25, -0.2) is 0 Å². The van der Waals surface area contributed by atoms with Crippen LogP contribution in [0, 0.1) is 0 Å². The minimum atomic E-state index is -4.30. The number of carbonyl (C=O) groups excluding carboxylic acids is 1. The van der Waals surface area contributed by atoms with Gasteiger partial charge in [-0.05, 0) is 42.3 Å². The van der Waals surface area contributed by atoms with Gasteiger partial charge in [0.2, 0.25) is 0 Å². The summed E-state index contributed by atoms with van der Waals surface area (Å²) in [6.07, 6.45) is -1.44. The van der Waals surface area contributed by atoms with Crippen molar-refractivity contribution in [2.24, 2.45) is 0 Å². The van der Waals surface area contributed by atoms with Crippen molar-refractivity contribution in [1.82, 2.24) is 0 Å². The molecule has 8 heteroatoms. The summed E-state index contributed by atoms with van der Waals surface area (Å²) in [5, 5.41) is -1.28. The SMILES string of the molecule is O=CC1=Cc2ccc(OCC3CC(c4ccc(Cl)cc4)[C@@H](C(F)(F)F)S3)cc2OC1. The highest BCUT2D eigenvalue weighted by Gasteiger charge is 2.51. The third-order valence-electron chi connectivity index (χ3n) is 5.15. The molecule has 4 rings (SSSR count). The Balaban J connectivity index is 1.45. The summed E-state index contributed by atoms with van der Waals surface area (Å²) in [6, 6.07) is 11.8. The van der Waals surface area contributed by atoms with Crippen LogP contribution in [0.2, 0.25) is 5.02 Å². The van der Waals surface area contributed by atoms with Crippen LogP contribution in [0.3, 0.4) is 0 Å². The Morgan fingerprint density at radius 1 is 1.20 bits per heavy atom. The van der Waals surface area contributed by atoms with Crippen molar-refractivity contribution in [3.8, 4) is 11.5 Å². The Kier molecular flexibility index (Phi) is 6.02. The molecule has 0 spiro atoms. The lowest BCUT2D eigenvalue weighted by Crippen LogP contribution is -2.28. The zero-order valence-corrected chi connectivity index (χ0v) is 17.3. The maximum Gasteiger partial charge on any atom is 0.401 e. The van der Waals surface area contributed by atoms with Gasteiger partial charge in [-0.3, -0.25) is 4.79 Å². The molecule has 0 amide bonds. The van der Waals surface area contributed by atoms with E-state index in [0.717, 1.165) is 23.6 Å². The van der Waals surface area contributed by atoms with Crippen LogP contribution in [0.4, 0.5) is 13.2 Å². The zero-order valence-electron chi connectivity index (χ0n) is 15.7. The Labute approximate surface area is 181 Å². The van der Waals surface area contributed by atoms with Crippen molar-refractivity contribution in [3.63, 3.8) is 0 Å². The fraction of sp³-hybridized carbons (Fsp3) is 0.318. The lowest BCUT2D eigenvalue weighted by atomic mass is 9.91. The van der Waals surface area contributed by atoms with Crippen molar-refractivity contribution in [3.05, 3.63) is 64.2 Å². The molecule has 0 N–H and O–H groups in total. The van der Waals surface area contributed by atoms with Gasteiger partial charge in [0.25, 0.3) is 0 Å². The standard InChI is InChI=1S/C22H18ClF3O3S/c23-16-4-1-14(2-5-16)19-9-18(30-21(19)22(24,25)26)12-28-17-6-3-15-7-13(10-27)11-29-20(15)8-17/h1-8,10,18-19,21H,9,11-12H2/t18?,19?,21-/m0/s1. The molecule has 1 saturated heterocycles. The topological polar surface area (TPSA) is 35.5 Å². The minimum absolute atomic E-state index is 0.162. The Bertz CT molecular complexity index is 959. The molecule has 1 fully saturated rings. The number of benzene rings is 2. The van der Waals surface area contributed by atoms with Gasteiger partial charge in [0.1, 0.15) is 36.2 Å². The van der Waals surface area contributed by atoms with E-state index < -0.39 is 17.3 Å². The van der Waals surface area contributed by atoms with E-state index in [-0.39, 0.29) is 18.5 Å². The second-order valence-electron chi connectivity index (χ2n) is 7.25. The van der Waals surface area contributed by atoms with Crippen molar-refractivity contribution < 1.29 is 27.4 Å². The number of halogens is 4. The molecule has 0 bridgehead atoms. The molecule has 0 saturated carbocycles. The fourth-order valence-electron chi connectivity index (χ4n) is 3.71. The number of carbonyl (C=O) groups is 1. The van der Waals surface area contributed by atoms with Gasteiger partial charge >= 0.3 is 6.18 Å². The molecule has 3 atom stereocenters. The predicted octanol–water partition coefficient (Wildman–Crippen LogP) is 5.91. The van der Waals surface area contributed by atoms with Crippen molar-refractivity contribution >= 4 is 35.7 Å². The molecular weight excluding hydrogens is 437 g/mol. The van der Waals surface area contributed by atoms with Crippen LogP contribution in [-0.4, -0.2) is 36.2 Å². The lowest BCUT2D eigenvalue weighted by Gasteiger charge is -2.21. The molecule has 2 heterocycles. The van der Waals surface area contributed by atoms with Crippen molar-refractivity contribution in [1.29, 1.82) is 0 Å². The van der Waals surface area contributed by atoms with Gasteiger partial charge in [0, 0.05) is 33.4 Å². The number of ether oxygens (including phenoxy) is 2. The third-order valence-corrected chi connectivity index (χ3v) is 7.00. The molecule has 2 aliphatic heterocycles. The Morgan fingerprint density at radius 2 is 1.97 bits per heavy atom. The quantitative estimate of drug-likeness (QED) is 0.526.